The molecule has 102 valence electrons. The molecule has 1 amide bonds. The van der Waals surface area contributed by atoms with E-state index in [1.165, 1.54) is 12.3 Å². The van der Waals surface area contributed by atoms with Gasteiger partial charge < -0.3 is 19.4 Å². The van der Waals surface area contributed by atoms with Crippen LogP contribution in [-0.2, 0) is 0 Å². The Morgan fingerprint density at radius 3 is 2.89 bits per heavy atom. The molecule has 6 nitrogen and oxygen atoms in total. The molecule has 0 aromatic carbocycles. The molecule has 0 atom stereocenters. The molecule has 2 aromatic rings. The number of hydrogen-bond donors (Lipinski definition) is 2. The molecule has 0 fully saturated rings. The highest BCUT2D eigenvalue weighted by Gasteiger charge is 2.23. The lowest BCUT2D eigenvalue weighted by atomic mass is 10.0. The summed E-state index contributed by atoms with van der Waals surface area (Å²) in [5.74, 6) is 0.566. The summed E-state index contributed by atoms with van der Waals surface area (Å²) in [5, 5.41) is 15.4. The van der Waals surface area contributed by atoms with Gasteiger partial charge in [-0.1, -0.05) is 5.16 Å². The maximum Gasteiger partial charge on any atom is 0.273 e. The molecule has 19 heavy (non-hydrogen) atoms. The normalized spacial score (nSPS) is 11.5. The Hall–Kier alpha value is -2.08. The lowest BCUT2D eigenvalue weighted by Crippen LogP contribution is -2.44. The van der Waals surface area contributed by atoms with Crippen molar-refractivity contribution in [3.8, 4) is 11.5 Å². The molecule has 0 aliphatic carbocycles. The van der Waals surface area contributed by atoms with E-state index in [4.69, 9.17) is 14.0 Å². The van der Waals surface area contributed by atoms with Crippen molar-refractivity contribution in [2.45, 2.75) is 25.8 Å². The number of furan rings is 1. The highest BCUT2D eigenvalue weighted by atomic mass is 16.5. The Balaban J connectivity index is 2.08. The third-order valence-corrected chi connectivity index (χ3v) is 2.70. The summed E-state index contributed by atoms with van der Waals surface area (Å²) in [5.41, 5.74) is -0.326. The summed E-state index contributed by atoms with van der Waals surface area (Å²) in [7, 11) is 0. The molecule has 0 aliphatic rings. The number of nitrogens with zero attached hydrogens (tertiary/aromatic N) is 1. The monoisotopic (exact) mass is 264 g/mol. The van der Waals surface area contributed by atoms with Crippen molar-refractivity contribution in [2.75, 3.05) is 6.61 Å². The summed E-state index contributed by atoms with van der Waals surface area (Å²) in [6.07, 6.45) is 1.98. The lowest BCUT2D eigenvalue weighted by Gasteiger charge is -2.24. The fourth-order valence-corrected chi connectivity index (χ4v) is 1.63. The fraction of sp³-hybridized carbons (Fsp3) is 0.385. The van der Waals surface area contributed by atoms with E-state index in [1.54, 1.807) is 12.1 Å². The molecule has 0 unspecified atom stereocenters. The predicted octanol–water partition coefficient (Wildman–Crippen LogP) is 1.83. The molecular weight excluding hydrogens is 248 g/mol. The Labute approximate surface area is 110 Å². The van der Waals surface area contributed by atoms with E-state index < -0.39 is 5.54 Å². The van der Waals surface area contributed by atoms with Crippen LogP contribution in [0.5, 0.6) is 0 Å². The Morgan fingerprint density at radius 1 is 1.47 bits per heavy atom. The van der Waals surface area contributed by atoms with Gasteiger partial charge in [0, 0.05) is 18.2 Å². The topological polar surface area (TPSA) is 88.5 Å². The average Bonchev–Trinajstić information content (AvgIpc) is 2.99. The van der Waals surface area contributed by atoms with Crippen molar-refractivity contribution in [2.24, 2.45) is 0 Å². The lowest BCUT2D eigenvalue weighted by molar-refractivity contribution is 0.0890. The van der Waals surface area contributed by atoms with Crippen molar-refractivity contribution in [1.82, 2.24) is 10.5 Å². The zero-order valence-electron chi connectivity index (χ0n) is 10.8. The number of amides is 1. The number of aromatic nitrogens is 1. The van der Waals surface area contributed by atoms with Crippen LogP contribution in [0, 0.1) is 0 Å². The highest BCUT2D eigenvalue weighted by Crippen LogP contribution is 2.20. The van der Waals surface area contributed by atoms with Crippen LogP contribution < -0.4 is 5.32 Å². The van der Waals surface area contributed by atoms with Gasteiger partial charge in [-0.15, -0.1) is 0 Å². The van der Waals surface area contributed by atoms with Crippen LogP contribution in [0.15, 0.2) is 33.4 Å². The van der Waals surface area contributed by atoms with Gasteiger partial charge in [-0.2, -0.15) is 0 Å². The standard InChI is InChI=1S/C13H16N2O4/c1-13(2,5-6-16)14-12(17)9-8-11(19-15-9)10-4-3-7-18-10/h3-4,7-8,16H,5-6H2,1-2H3,(H,14,17). The smallest absolute Gasteiger partial charge is 0.273 e. The maximum absolute atomic E-state index is 12.0. The summed E-state index contributed by atoms with van der Waals surface area (Å²) in [6.45, 7) is 3.66. The maximum atomic E-state index is 12.0. The van der Waals surface area contributed by atoms with Crippen LogP contribution in [0.25, 0.3) is 11.5 Å². The van der Waals surface area contributed by atoms with Crippen molar-refractivity contribution < 1.29 is 18.8 Å². The predicted molar refractivity (Wildman–Crippen MR) is 67.5 cm³/mol. The van der Waals surface area contributed by atoms with Crippen LogP contribution in [0.2, 0.25) is 0 Å². The quantitative estimate of drug-likeness (QED) is 0.860. The van der Waals surface area contributed by atoms with E-state index in [1.807, 2.05) is 13.8 Å². The van der Waals surface area contributed by atoms with Crippen LogP contribution in [0.3, 0.4) is 0 Å². The molecular formula is C13H16N2O4. The minimum atomic E-state index is -0.504. The Morgan fingerprint density at radius 2 is 2.26 bits per heavy atom. The van der Waals surface area contributed by atoms with Gasteiger partial charge in [-0.25, -0.2) is 0 Å². The second-order valence-electron chi connectivity index (χ2n) is 4.87. The largest absolute Gasteiger partial charge is 0.461 e. The third-order valence-electron chi connectivity index (χ3n) is 2.70. The number of carbonyl (C=O) groups is 1. The van der Waals surface area contributed by atoms with E-state index in [0.29, 0.717) is 17.9 Å². The number of hydrogen-bond acceptors (Lipinski definition) is 5. The van der Waals surface area contributed by atoms with Crippen molar-refractivity contribution in [1.29, 1.82) is 0 Å². The Bertz CT molecular complexity index is 543. The molecule has 6 heteroatoms. The first-order valence-corrected chi connectivity index (χ1v) is 5.96. The van der Waals surface area contributed by atoms with Gasteiger partial charge in [-0.05, 0) is 32.4 Å². The average molecular weight is 264 g/mol. The first-order chi connectivity index (χ1) is 9.02. The molecule has 2 heterocycles. The fourth-order valence-electron chi connectivity index (χ4n) is 1.63. The van der Waals surface area contributed by atoms with E-state index in [0.717, 1.165) is 0 Å². The van der Waals surface area contributed by atoms with E-state index in [9.17, 15) is 4.79 Å². The zero-order chi connectivity index (χ0) is 13.9. The molecule has 0 saturated carbocycles. The molecule has 0 bridgehead atoms. The molecule has 0 aliphatic heterocycles. The molecule has 0 saturated heterocycles. The van der Waals surface area contributed by atoms with Gasteiger partial charge in [-0.3, -0.25) is 4.79 Å². The minimum absolute atomic E-state index is 0.00371. The second-order valence-corrected chi connectivity index (χ2v) is 4.87. The van der Waals surface area contributed by atoms with Crippen molar-refractivity contribution in [3.63, 3.8) is 0 Å². The van der Waals surface area contributed by atoms with E-state index >= 15 is 0 Å². The van der Waals surface area contributed by atoms with E-state index in [-0.39, 0.29) is 18.2 Å². The number of aliphatic hydroxyl groups is 1. The van der Waals surface area contributed by atoms with Gasteiger partial charge in [0.2, 0.25) is 5.76 Å². The van der Waals surface area contributed by atoms with Gasteiger partial charge in [0.05, 0.1) is 6.26 Å². The summed E-state index contributed by atoms with van der Waals surface area (Å²) in [6, 6.07) is 4.96. The zero-order valence-corrected chi connectivity index (χ0v) is 10.8. The molecule has 0 radical (unpaired) electrons. The van der Waals surface area contributed by atoms with Crippen LogP contribution >= 0.6 is 0 Å². The summed E-state index contributed by atoms with van der Waals surface area (Å²) < 4.78 is 10.2. The second kappa shape index (κ2) is 5.27. The molecule has 2 rings (SSSR count). The summed E-state index contributed by atoms with van der Waals surface area (Å²) >= 11 is 0. The minimum Gasteiger partial charge on any atom is -0.461 e. The number of rotatable bonds is 5. The molecule has 2 aromatic heterocycles. The number of nitrogens with one attached hydrogen (secondary N) is 1. The first-order valence-electron chi connectivity index (χ1n) is 5.96. The Kier molecular flexibility index (Phi) is 3.71. The summed E-state index contributed by atoms with van der Waals surface area (Å²) in [4.78, 5) is 12.0. The van der Waals surface area contributed by atoms with Crippen molar-refractivity contribution >= 4 is 5.91 Å². The first kappa shape index (κ1) is 13.4. The van der Waals surface area contributed by atoms with Crippen LogP contribution in [0.1, 0.15) is 30.8 Å². The molecule has 2 N–H and O–H groups in total. The van der Waals surface area contributed by atoms with E-state index in [2.05, 4.69) is 10.5 Å². The number of aliphatic hydroxyl groups excluding tert-OH is 1. The van der Waals surface area contributed by atoms with Crippen molar-refractivity contribution in [3.05, 3.63) is 30.2 Å². The van der Waals surface area contributed by atoms with Gasteiger partial charge in [0.1, 0.15) is 0 Å². The molecule has 0 spiro atoms. The third kappa shape index (κ3) is 3.23. The van der Waals surface area contributed by atoms with Gasteiger partial charge in [0.25, 0.3) is 5.91 Å². The van der Waals surface area contributed by atoms with Gasteiger partial charge >= 0.3 is 0 Å². The van der Waals surface area contributed by atoms with Gasteiger partial charge in [0.15, 0.2) is 11.5 Å². The SMILES string of the molecule is CC(C)(CCO)NC(=O)c1cc(-c2ccco2)on1. The highest BCUT2D eigenvalue weighted by molar-refractivity contribution is 5.93. The number of carbonyl (C=O) groups excluding carboxylic acids is 1. The van der Waals surface area contributed by atoms with Crippen LogP contribution in [-0.4, -0.2) is 28.3 Å². The van der Waals surface area contributed by atoms with Crippen LogP contribution in [0.4, 0.5) is 0 Å².